The fourth-order valence-corrected chi connectivity index (χ4v) is 2.62. The molecular weight excluding hydrogens is 218 g/mol. The van der Waals surface area contributed by atoms with Gasteiger partial charge in [0, 0.05) is 18.5 Å². The van der Waals surface area contributed by atoms with Crippen molar-refractivity contribution in [1.29, 1.82) is 0 Å². The van der Waals surface area contributed by atoms with Crippen molar-refractivity contribution in [2.45, 2.75) is 32.2 Å². The Morgan fingerprint density at radius 3 is 2.94 bits per heavy atom. The number of hydrogen-bond acceptors (Lipinski definition) is 1. The number of likely N-dealkylation sites (tertiary alicyclic amines) is 1. The third-order valence-electron chi connectivity index (χ3n) is 3.44. The summed E-state index contributed by atoms with van der Waals surface area (Å²) in [6, 6.07) is 8.75. The first-order chi connectivity index (χ1) is 7.65. The molecule has 2 unspecified atom stereocenters. The molecule has 0 aromatic heterocycles. The molecule has 1 aliphatic heterocycles. The second-order valence-electron chi connectivity index (χ2n) is 5.01. The van der Waals surface area contributed by atoms with Gasteiger partial charge in [0.2, 0.25) is 0 Å². The van der Waals surface area contributed by atoms with Gasteiger partial charge in [0.1, 0.15) is 0 Å². The maximum absolute atomic E-state index is 6.32. The number of hydrogen-bond donors (Lipinski definition) is 0. The summed E-state index contributed by atoms with van der Waals surface area (Å²) in [5.41, 5.74) is 2.74. The van der Waals surface area contributed by atoms with Crippen molar-refractivity contribution in [3.8, 4) is 0 Å². The summed E-state index contributed by atoms with van der Waals surface area (Å²) in [4.78, 5) is 2.46. The van der Waals surface area contributed by atoms with E-state index in [0.29, 0.717) is 11.3 Å². The van der Waals surface area contributed by atoms with E-state index in [9.17, 15) is 0 Å². The first-order valence-electron chi connectivity index (χ1n) is 6.07. The van der Waals surface area contributed by atoms with Crippen LogP contribution >= 0.6 is 11.6 Å². The molecule has 1 aliphatic rings. The molecular formula is C14H20ClN. The quantitative estimate of drug-likeness (QED) is 0.713. The van der Waals surface area contributed by atoms with Crippen LogP contribution in [0.4, 0.5) is 0 Å². The van der Waals surface area contributed by atoms with Crippen LogP contribution in [-0.2, 0) is 6.54 Å². The molecule has 1 fully saturated rings. The lowest BCUT2D eigenvalue weighted by molar-refractivity contribution is 0.189. The molecule has 1 nitrogen and oxygen atoms in total. The molecule has 0 saturated carbocycles. The van der Waals surface area contributed by atoms with Crippen LogP contribution in [0, 0.1) is 12.8 Å². The Kier molecular flexibility index (Phi) is 3.88. The average Bonchev–Trinajstić information content (AvgIpc) is 2.24. The average molecular weight is 238 g/mol. The zero-order valence-electron chi connectivity index (χ0n) is 10.1. The lowest BCUT2D eigenvalue weighted by Gasteiger charge is -2.33. The van der Waals surface area contributed by atoms with Crippen molar-refractivity contribution in [3.63, 3.8) is 0 Å². The monoisotopic (exact) mass is 237 g/mol. The highest BCUT2D eigenvalue weighted by atomic mass is 35.5. The van der Waals surface area contributed by atoms with E-state index in [0.717, 1.165) is 13.1 Å². The number of halogens is 1. The normalized spacial score (nSPS) is 26.9. The van der Waals surface area contributed by atoms with Gasteiger partial charge >= 0.3 is 0 Å². The summed E-state index contributed by atoms with van der Waals surface area (Å²) in [6.07, 6.45) is 1.22. The van der Waals surface area contributed by atoms with E-state index in [2.05, 4.69) is 43.0 Å². The summed E-state index contributed by atoms with van der Waals surface area (Å²) in [7, 11) is 0. The third-order valence-corrected chi connectivity index (χ3v) is 4.01. The molecule has 0 radical (unpaired) electrons. The molecule has 16 heavy (non-hydrogen) atoms. The van der Waals surface area contributed by atoms with Gasteiger partial charge in [-0.05, 0) is 31.4 Å². The van der Waals surface area contributed by atoms with Gasteiger partial charge in [0.05, 0.1) is 0 Å². The second-order valence-corrected chi connectivity index (χ2v) is 5.57. The minimum atomic E-state index is 0.318. The SMILES string of the molecule is Cc1cccc(CN2CCC(C)C(Cl)C2)c1. The Hall–Kier alpha value is -0.530. The van der Waals surface area contributed by atoms with Crippen LogP contribution in [0.3, 0.4) is 0 Å². The second kappa shape index (κ2) is 5.20. The van der Waals surface area contributed by atoms with Gasteiger partial charge in [-0.2, -0.15) is 0 Å². The smallest absolute Gasteiger partial charge is 0.0489 e. The highest BCUT2D eigenvalue weighted by Gasteiger charge is 2.23. The lowest BCUT2D eigenvalue weighted by Crippen LogP contribution is -2.39. The van der Waals surface area contributed by atoms with E-state index in [4.69, 9.17) is 11.6 Å². The van der Waals surface area contributed by atoms with Crippen LogP contribution in [-0.4, -0.2) is 23.4 Å². The van der Waals surface area contributed by atoms with Crippen molar-refractivity contribution in [2.75, 3.05) is 13.1 Å². The van der Waals surface area contributed by atoms with E-state index >= 15 is 0 Å². The first-order valence-corrected chi connectivity index (χ1v) is 6.51. The van der Waals surface area contributed by atoms with Crippen LogP contribution in [0.2, 0.25) is 0 Å². The van der Waals surface area contributed by atoms with Crippen LogP contribution in [0.15, 0.2) is 24.3 Å². The topological polar surface area (TPSA) is 3.24 Å². The molecule has 1 heterocycles. The van der Waals surface area contributed by atoms with E-state index in [-0.39, 0.29) is 0 Å². The Labute approximate surface area is 103 Å². The number of rotatable bonds is 2. The molecule has 0 spiro atoms. The molecule has 1 saturated heterocycles. The molecule has 0 N–H and O–H groups in total. The van der Waals surface area contributed by atoms with Gasteiger partial charge in [0.15, 0.2) is 0 Å². The standard InChI is InChI=1S/C14H20ClN/c1-11-4-3-5-13(8-11)9-16-7-6-12(2)14(15)10-16/h3-5,8,12,14H,6-7,9-10H2,1-2H3. The van der Waals surface area contributed by atoms with E-state index in [1.165, 1.54) is 24.1 Å². The summed E-state index contributed by atoms with van der Waals surface area (Å²) >= 11 is 6.32. The number of alkyl halides is 1. The number of aryl methyl sites for hydroxylation is 1. The van der Waals surface area contributed by atoms with Gasteiger partial charge < -0.3 is 0 Å². The van der Waals surface area contributed by atoms with E-state index in [1.54, 1.807) is 0 Å². The largest absolute Gasteiger partial charge is 0.298 e. The highest BCUT2D eigenvalue weighted by Crippen LogP contribution is 2.23. The molecule has 0 aliphatic carbocycles. The Morgan fingerprint density at radius 2 is 2.25 bits per heavy atom. The molecule has 2 heteroatoms. The number of benzene rings is 1. The zero-order chi connectivity index (χ0) is 11.5. The van der Waals surface area contributed by atoms with Crippen LogP contribution in [0.25, 0.3) is 0 Å². The highest BCUT2D eigenvalue weighted by molar-refractivity contribution is 6.21. The van der Waals surface area contributed by atoms with Gasteiger partial charge in [-0.1, -0.05) is 36.8 Å². The van der Waals surface area contributed by atoms with Crippen molar-refractivity contribution < 1.29 is 0 Å². The summed E-state index contributed by atoms with van der Waals surface area (Å²) in [5.74, 6) is 0.662. The fraction of sp³-hybridized carbons (Fsp3) is 0.571. The predicted octanol–water partition coefficient (Wildman–Crippen LogP) is 3.44. The summed E-state index contributed by atoms with van der Waals surface area (Å²) in [6.45, 7) is 7.64. The molecule has 0 bridgehead atoms. The van der Waals surface area contributed by atoms with Crippen LogP contribution in [0.1, 0.15) is 24.5 Å². The Balaban J connectivity index is 1.95. The molecule has 88 valence electrons. The fourth-order valence-electron chi connectivity index (χ4n) is 2.30. The maximum Gasteiger partial charge on any atom is 0.0489 e. The maximum atomic E-state index is 6.32. The van der Waals surface area contributed by atoms with Gasteiger partial charge in [-0.25, -0.2) is 0 Å². The first kappa shape index (κ1) is 11.9. The van der Waals surface area contributed by atoms with Gasteiger partial charge in [0.25, 0.3) is 0 Å². The Bertz CT molecular complexity index is 350. The van der Waals surface area contributed by atoms with Gasteiger partial charge in [-0.3, -0.25) is 4.90 Å². The molecule has 1 aromatic carbocycles. The van der Waals surface area contributed by atoms with Crippen molar-refractivity contribution in [1.82, 2.24) is 4.90 Å². The van der Waals surface area contributed by atoms with Crippen molar-refractivity contribution >= 4 is 11.6 Å². The molecule has 2 rings (SSSR count). The van der Waals surface area contributed by atoms with Crippen LogP contribution in [0.5, 0.6) is 0 Å². The van der Waals surface area contributed by atoms with E-state index in [1.807, 2.05) is 0 Å². The lowest BCUT2D eigenvalue weighted by atomic mass is 9.98. The van der Waals surface area contributed by atoms with E-state index < -0.39 is 0 Å². The Morgan fingerprint density at radius 1 is 1.44 bits per heavy atom. The molecule has 1 aromatic rings. The van der Waals surface area contributed by atoms with Crippen molar-refractivity contribution in [2.24, 2.45) is 5.92 Å². The third kappa shape index (κ3) is 2.99. The van der Waals surface area contributed by atoms with Crippen LogP contribution < -0.4 is 0 Å². The van der Waals surface area contributed by atoms with Gasteiger partial charge in [-0.15, -0.1) is 11.6 Å². The minimum Gasteiger partial charge on any atom is -0.298 e. The summed E-state index contributed by atoms with van der Waals surface area (Å²) < 4.78 is 0. The number of piperidine rings is 1. The van der Waals surface area contributed by atoms with Crippen molar-refractivity contribution in [3.05, 3.63) is 35.4 Å². The summed E-state index contributed by atoms with van der Waals surface area (Å²) in [5, 5.41) is 0.318. The molecule has 2 atom stereocenters. The predicted molar refractivity (Wildman–Crippen MR) is 69.9 cm³/mol. The molecule has 0 amide bonds. The minimum absolute atomic E-state index is 0.318. The zero-order valence-corrected chi connectivity index (χ0v) is 10.9. The number of nitrogens with zero attached hydrogens (tertiary/aromatic N) is 1.